The summed E-state index contributed by atoms with van der Waals surface area (Å²) in [6.45, 7) is 4.61. The molecule has 0 radical (unpaired) electrons. The molecule has 0 bridgehead atoms. The molecule has 0 aromatic heterocycles. The predicted molar refractivity (Wildman–Crippen MR) is 127 cm³/mol. The molecule has 1 N–H and O–H groups in total. The summed E-state index contributed by atoms with van der Waals surface area (Å²) >= 11 is 0. The molecule has 1 amide bonds. The fraction of sp³-hybridized carbons (Fsp3) is 0.480. The smallest absolute Gasteiger partial charge is 0.243 e. The number of carbonyl (C=O) groups excluding carboxylic acids is 1. The first kappa shape index (κ1) is 23.1. The molecule has 3 aliphatic heterocycles. The molecule has 2 saturated heterocycles. The van der Waals surface area contributed by atoms with Gasteiger partial charge in [-0.05, 0) is 62.0 Å². The van der Waals surface area contributed by atoms with E-state index in [-0.39, 0.29) is 10.8 Å². The van der Waals surface area contributed by atoms with E-state index < -0.39 is 16.1 Å². The summed E-state index contributed by atoms with van der Waals surface area (Å²) < 4.78 is 39.2. The fourth-order valence-corrected chi connectivity index (χ4v) is 6.65. The Kier molecular flexibility index (Phi) is 6.76. The Hall–Kier alpha value is -2.62. The lowest BCUT2D eigenvalue weighted by Gasteiger charge is -2.25. The second-order valence-electron chi connectivity index (χ2n) is 9.05. The lowest BCUT2D eigenvalue weighted by Crippen LogP contribution is -2.45. The van der Waals surface area contributed by atoms with Gasteiger partial charge in [-0.2, -0.15) is 4.31 Å². The van der Waals surface area contributed by atoms with E-state index in [2.05, 4.69) is 16.3 Å². The highest BCUT2D eigenvalue weighted by Gasteiger charge is 2.39. The van der Waals surface area contributed by atoms with Gasteiger partial charge in [0.1, 0.15) is 19.3 Å². The van der Waals surface area contributed by atoms with Gasteiger partial charge in [0, 0.05) is 25.7 Å². The third-order valence-corrected chi connectivity index (χ3v) is 8.69. The standard InChI is InChI=1S/C25H31N3O5S/c29-25(26-17-19-6-1-2-7-20(19)18-27-11-3-4-12-27)22-8-5-13-28(22)34(30,31)21-9-10-23-24(16-21)33-15-14-32-23/h1-2,6-7,9-10,16,22H,3-5,8,11-15,17-18H2,(H,26,29). The number of hydrogen-bond acceptors (Lipinski definition) is 6. The number of rotatable bonds is 7. The van der Waals surface area contributed by atoms with Crippen LogP contribution in [0.4, 0.5) is 0 Å². The molecular weight excluding hydrogens is 454 g/mol. The SMILES string of the molecule is O=C(NCc1ccccc1CN1CCCC1)C1CCCN1S(=O)(=O)c1ccc2c(c1)OCCO2. The second-order valence-corrected chi connectivity index (χ2v) is 10.9. The van der Waals surface area contributed by atoms with Crippen molar-refractivity contribution in [3.05, 3.63) is 53.6 Å². The van der Waals surface area contributed by atoms with Crippen LogP contribution in [-0.4, -0.2) is 62.4 Å². The van der Waals surface area contributed by atoms with E-state index in [1.54, 1.807) is 6.07 Å². The van der Waals surface area contributed by atoms with Crippen LogP contribution < -0.4 is 14.8 Å². The van der Waals surface area contributed by atoms with Crippen LogP contribution in [0.2, 0.25) is 0 Å². The van der Waals surface area contributed by atoms with Crippen LogP contribution in [-0.2, 0) is 27.9 Å². The predicted octanol–water partition coefficient (Wildman–Crippen LogP) is 2.52. The zero-order chi connectivity index (χ0) is 23.5. The lowest BCUT2D eigenvalue weighted by molar-refractivity contribution is -0.124. The summed E-state index contributed by atoms with van der Waals surface area (Å²) in [6.07, 6.45) is 3.61. The van der Waals surface area contributed by atoms with E-state index in [4.69, 9.17) is 9.47 Å². The Bertz CT molecular complexity index is 1150. The summed E-state index contributed by atoms with van der Waals surface area (Å²) in [4.78, 5) is 15.7. The van der Waals surface area contributed by atoms with Gasteiger partial charge in [-0.3, -0.25) is 9.69 Å². The fourth-order valence-electron chi connectivity index (χ4n) is 4.98. The Labute approximate surface area is 200 Å². The minimum absolute atomic E-state index is 0.118. The molecule has 182 valence electrons. The number of amides is 1. The Morgan fingerprint density at radius 3 is 2.47 bits per heavy atom. The number of fused-ring (bicyclic) bond motifs is 1. The number of carbonyl (C=O) groups is 1. The average molecular weight is 486 g/mol. The lowest BCUT2D eigenvalue weighted by atomic mass is 10.1. The zero-order valence-electron chi connectivity index (χ0n) is 19.2. The number of benzene rings is 2. The number of likely N-dealkylation sites (tertiary alicyclic amines) is 1. The van der Waals surface area contributed by atoms with Crippen LogP contribution in [0.15, 0.2) is 47.4 Å². The van der Waals surface area contributed by atoms with Crippen LogP contribution in [0, 0.1) is 0 Å². The first-order chi connectivity index (χ1) is 16.5. The van der Waals surface area contributed by atoms with Crippen LogP contribution in [0.1, 0.15) is 36.8 Å². The van der Waals surface area contributed by atoms with Crippen molar-refractivity contribution in [1.29, 1.82) is 0 Å². The third-order valence-electron chi connectivity index (χ3n) is 6.79. The topological polar surface area (TPSA) is 88.2 Å². The van der Waals surface area contributed by atoms with Crippen molar-refractivity contribution < 1.29 is 22.7 Å². The molecule has 9 heteroatoms. The monoisotopic (exact) mass is 485 g/mol. The van der Waals surface area contributed by atoms with Crippen LogP contribution in [0.25, 0.3) is 0 Å². The Morgan fingerprint density at radius 1 is 0.941 bits per heavy atom. The maximum atomic E-state index is 13.4. The summed E-state index contributed by atoms with van der Waals surface area (Å²) in [7, 11) is -3.84. The molecular formula is C25H31N3O5S. The molecule has 8 nitrogen and oxygen atoms in total. The van der Waals surface area contributed by atoms with Crippen molar-refractivity contribution >= 4 is 15.9 Å². The number of sulfonamides is 1. The highest BCUT2D eigenvalue weighted by Crippen LogP contribution is 2.35. The molecule has 1 atom stereocenters. The minimum Gasteiger partial charge on any atom is -0.486 e. The van der Waals surface area contributed by atoms with Gasteiger partial charge in [0.25, 0.3) is 0 Å². The van der Waals surface area contributed by atoms with Crippen molar-refractivity contribution in [2.24, 2.45) is 0 Å². The minimum atomic E-state index is -3.84. The summed E-state index contributed by atoms with van der Waals surface area (Å²) in [5.41, 5.74) is 2.28. The molecule has 2 fully saturated rings. The van der Waals surface area contributed by atoms with Gasteiger partial charge in [-0.1, -0.05) is 24.3 Å². The highest BCUT2D eigenvalue weighted by atomic mass is 32.2. The average Bonchev–Trinajstić information content (AvgIpc) is 3.56. The highest BCUT2D eigenvalue weighted by molar-refractivity contribution is 7.89. The third kappa shape index (κ3) is 4.78. The van der Waals surface area contributed by atoms with Crippen LogP contribution in [0.3, 0.4) is 0 Å². The van der Waals surface area contributed by atoms with Gasteiger partial charge >= 0.3 is 0 Å². The second kappa shape index (κ2) is 9.93. The van der Waals surface area contributed by atoms with Gasteiger partial charge in [-0.15, -0.1) is 0 Å². The van der Waals surface area contributed by atoms with Crippen molar-refractivity contribution in [2.75, 3.05) is 32.8 Å². The molecule has 3 heterocycles. The number of hydrogen-bond donors (Lipinski definition) is 1. The zero-order valence-corrected chi connectivity index (χ0v) is 20.1. The molecule has 0 saturated carbocycles. The van der Waals surface area contributed by atoms with Crippen molar-refractivity contribution in [1.82, 2.24) is 14.5 Å². The van der Waals surface area contributed by atoms with Crippen molar-refractivity contribution in [3.63, 3.8) is 0 Å². The van der Waals surface area contributed by atoms with Gasteiger partial charge in [0.05, 0.1) is 4.90 Å². The van der Waals surface area contributed by atoms with Gasteiger partial charge in [0.2, 0.25) is 15.9 Å². The first-order valence-corrected chi connectivity index (χ1v) is 13.4. The number of ether oxygens (including phenoxy) is 2. The van der Waals surface area contributed by atoms with Crippen LogP contribution >= 0.6 is 0 Å². The van der Waals surface area contributed by atoms with E-state index in [9.17, 15) is 13.2 Å². The summed E-state index contributed by atoms with van der Waals surface area (Å²) in [5.74, 6) is 0.699. The van der Waals surface area contributed by atoms with E-state index in [1.165, 1.54) is 34.8 Å². The van der Waals surface area contributed by atoms with Gasteiger partial charge in [0.15, 0.2) is 11.5 Å². The molecule has 2 aromatic carbocycles. The van der Waals surface area contributed by atoms with E-state index >= 15 is 0 Å². The molecule has 3 aliphatic rings. The van der Waals surface area contributed by atoms with E-state index in [0.717, 1.165) is 25.2 Å². The largest absolute Gasteiger partial charge is 0.486 e. The summed E-state index contributed by atoms with van der Waals surface area (Å²) in [5, 5.41) is 3.00. The number of nitrogens with zero attached hydrogens (tertiary/aromatic N) is 2. The number of nitrogens with one attached hydrogen (secondary N) is 1. The summed E-state index contributed by atoms with van der Waals surface area (Å²) in [6, 6.07) is 12.0. The maximum absolute atomic E-state index is 13.4. The Balaban J connectivity index is 1.27. The van der Waals surface area contributed by atoms with Crippen molar-refractivity contribution in [2.45, 2.75) is 49.7 Å². The first-order valence-electron chi connectivity index (χ1n) is 12.0. The molecule has 0 spiro atoms. The Morgan fingerprint density at radius 2 is 1.68 bits per heavy atom. The van der Waals surface area contributed by atoms with Gasteiger partial charge in [-0.25, -0.2) is 8.42 Å². The normalized spacial score (nSPS) is 21.0. The molecule has 0 aliphatic carbocycles. The van der Waals surface area contributed by atoms with E-state index in [0.29, 0.717) is 50.6 Å². The maximum Gasteiger partial charge on any atom is 0.243 e. The quantitative estimate of drug-likeness (QED) is 0.649. The molecule has 5 rings (SSSR count). The van der Waals surface area contributed by atoms with Crippen LogP contribution in [0.5, 0.6) is 11.5 Å². The van der Waals surface area contributed by atoms with E-state index in [1.807, 2.05) is 18.2 Å². The molecule has 1 unspecified atom stereocenters. The van der Waals surface area contributed by atoms with Crippen molar-refractivity contribution in [3.8, 4) is 11.5 Å². The van der Waals surface area contributed by atoms with Gasteiger partial charge < -0.3 is 14.8 Å². The molecule has 2 aromatic rings. The molecule has 34 heavy (non-hydrogen) atoms.